The average Bonchev–Trinajstić information content (AvgIpc) is 3.21. The Hall–Kier alpha value is -3.01. The molecule has 0 spiro atoms. The number of rotatable bonds is 6. The maximum absolute atomic E-state index is 13.4. The number of nitrogens with zero attached hydrogens (tertiary/aromatic N) is 4. The minimum Gasteiger partial charge on any atom is -0.325 e. The van der Waals surface area contributed by atoms with E-state index in [0.717, 1.165) is 23.9 Å². The Balaban J connectivity index is 1.60. The van der Waals surface area contributed by atoms with Crippen molar-refractivity contribution in [3.8, 4) is 17.1 Å². The van der Waals surface area contributed by atoms with E-state index in [2.05, 4.69) is 20.5 Å². The Morgan fingerprint density at radius 1 is 1.03 bits per heavy atom. The van der Waals surface area contributed by atoms with Gasteiger partial charge in [0, 0.05) is 29.7 Å². The Bertz CT molecular complexity index is 1290. The Morgan fingerprint density at radius 3 is 2.59 bits per heavy atom. The predicted octanol–water partition coefficient (Wildman–Crippen LogP) is 5.65. The van der Waals surface area contributed by atoms with Crippen molar-refractivity contribution in [2.24, 2.45) is 0 Å². The first kappa shape index (κ1) is 22.2. The number of pyridine rings is 1. The smallest absolute Gasteiger partial charge is 0.234 e. The number of hydrogen-bond donors (Lipinski definition) is 1. The summed E-state index contributed by atoms with van der Waals surface area (Å²) in [6.45, 7) is 0. The molecule has 0 fully saturated rings. The molecule has 11 heteroatoms. The molecule has 32 heavy (non-hydrogen) atoms. The molecule has 0 saturated carbocycles. The Morgan fingerprint density at radius 2 is 1.88 bits per heavy atom. The van der Waals surface area contributed by atoms with E-state index in [1.165, 1.54) is 6.07 Å². The summed E-state index contributed by atoms with van der Waals surface area (Å²) in [6.07, 6.45) is 3.28. The van der Waals surface area contributed by atoms with Crippen LogP contribution in [0.4, 0.5) is 14.5 Å². The van der Waals surface area contributed by atoms with Gasteiger partial charge >= 0.3 is 0 Å². The number of nitrogens with one attached hydrogen (secondary N) is 1. The lowest BCUT2D eigenvalue weighted by atomic mass is 10.2. The molecule has 0 radical (unpaired) electrons. The molecule has 0 saturated heterocycles. The summed E-state index contributed by atoms with van der Waals surface area (Å²) in [7, 11) is 0. The van der Waals surface area contributed by atoms with Crippen LogP contribution in [0, 0.1) is 11.6 Å². The first-order valence-electron chi connectivity index (χ1n) is 9.11. The van der Waals surface area contributed by atoms with E-state index in [9.17, 15) is 13.6 Å². The van der Waals surface area contributed by atoms with Gasteiger partial charge in [-0.3, -0.25) is 14.3 Å². The maximum atomic E-state index is 13.4. The summed E-state index contributed by atoms with van der Waals surface area (Å²) in [5.74, 6) is -2.01. The van der Waals surface area contributed by atoms with Crippen molar-refractivity contribution in [2.45, 2.75) is 5.16 Å². The molecule has 0 bridgehead atoms. The molecule has 0 aliphatic rings. The van der Waals surface area contributed by atoms with Crippen molar-refractivity contribution in [3.05, 3.63) is 82.6 Å². The number of halogens is 4. The lowest BCUT2D eigenvalue weighted by Crippen LogP contribution is -2.15. The highest BCUT2D eigenvalue weighted by molar-refractivity contribution is 7.99. The van der Waals surface area contributed by atoms with Crippen LogP contribution in [-0.2, 0) is 4.79 Å². The van der Waals surface area contributed by atoms with Gasteiger partial charge in [-0.1, -0.05) is 35.0 Å². The fourth-order valence-corrected chi connectivity index (χ4v) is 3.85. The number of benzene rings is 2. The fourth-order valence-electron chi connectivity index (χ4n) is 2.80. The summed E-state index contributed by atoms with van der Waals surface area (Å²) in [4.78, 5) is 16.5. The second-order valence-corrected chi connectivity index (χ2v) is 8.20. The molecule has 0 atom stereocenters. The third-order valence-corrected chi connectivity index (χ3v) is 5.92. The normalized spacial score (nSPS) is 10.9. The first-order valence-corrected chi connectivity index (χ1v) is 10.9. The van der Waals surface area contributed by atoms with Crippen molar-refractivity contribution in [1.29, 1.82) is 0 Å². The lowest BCUT2D eigenvalue weighted by Gasteiger charge is -2.11. The molecule has 2 heterocycles. The third-order valence-electron chi connectivity index (χ3n) is 4.25. The number of hydrogen-bond acceptors (Lipinski definition) is 5. The molecule has 4 aromatic rings. The summed E-state index contributed by atoms with van der Waals surface area (Å²) >= 11 is 13.4. The Labute approximate surface area is 195 Å². The SMILES string of the molecule is O=C(CSc1nnc(-c2cccnc2)n1-c1ccc(Cl)c(Cl)c1)Nc1ccc(F)c(F)c1. The van der Waals surface area contributed by atoms with E-state index in [-0.39, 0.29) is 11.4 Å². The zero-order valence-corrected chi connectivity index (χ0v) is 18.4. The molecule has 1 N–H and O–H groups in total. The van der Waals surface area contributed by atoms with Gasteiger partial charge < -0.3 is 5.32 Å². The van der Waals surface area contributed by atoms with Crippen molar-refractivity contribution >= 4 is 46.6 Å². The van der Waals surface area contributed by atoms with Crippen molar-refractivity contribution in [1.82, 2.24) is 19.7 Å². The highest BCUT2D eigenvalue weighted by Crippen LogP contribution is 2.31. The number of carbonyl (C=O) groups is 1. The Kier molecular flexibility index (Phi) is 6.69. The highest BCUT2D eigenvalue weighted by Gasteiger charge is 2.18. The number of amides is 1. The number of carbonyl (C=O) groups excluding carboxylic acids is 1. The van der Waals surface area contributed by atoms with Crippen LogP contribution < -0.4 is 5.32 Å². The summed E-state index contributed by atoms with van der Waals surface area (Å²) in [5.41, 5.74) is 1.51. The molecule has 1 amide bonds. The van der Waals surface area contributed by atoms with E-state index >= 15 is 0 Å². The molecule has 2 aromatic heterocycles. The average molecular weight is 492 g/mol. The van der Waals surface area contributed by atoms with Gasteiger partial charge in [0.1, 0.15) is 0 Å². The van der Waals surface area contributed by atoms with Crippen LogP contribution in [-0.4, -0.2) is 31.4 Å². The van der Waals surface area contributed by atoms with Gasteiger partial charge in [-0.05, 0) is 42.5 Å². The molecule has 0 aliphatic heterocycles. The second-order valence-electron chi connectivity index (χ2n) is 6.45. The summed E-state index contributed by atoms with van der Waals surface area (Å²) < 4.78 is 28.2. The largest absolute Gasteiger partial charge is 0.325 e. The van der Waals surface area contributed by atoms with Gasteiger partial charge in [0.2, 0.25) is 5.91 Å². The van der Waals surface area contributed by atoms with Crippen LogP contribution in [0.25, 0.3) is 17.1 Å². The van der Waals surface area contributed by atoms with E-state index < -0.39 is 17.5 Å². The number of thioether (sulfide) groups is 1. The van der Waals surface area contributed by atoms with Gasteiger partial charge in [0.05, 0.1) is 21.5 Å². The molecular formula is C21H13Cl2F2N5OS. The zero-order chi connectivity index (χ0) is 22.7. The van der Waals surface area contributed by atoms with Crippen molar-refractivity contribution < 1.29 is 13.6 Å². The van der Waals surface area contributed by atoms with Crippen molar-refractivity contribution in [3.63, 3.8) is 0 Å². The quantitative estimate of drug-likeness (QED) is 0.353. The standard InChI is InChI=1S/C21H13Cl2F2N5OS/c22-15-5-4-14(9-16(15)23)30-20(12-2-1-7-26-10-12)28-29-21(30)32-11-19(31)27-13-3-6-17(24)18(25)8-13/h1-10H,11H2,(H,27,31). The van der Waals surface area contributed by atoms with E-state index in [4.69, 9.17) is 23.2 Å². The molecule has 6 nitrogen and oxygen atoms in total. The minimum atomic E-state index is -1.05. The van der Waals surface area contributed by atoms with E-state index in [1.54, 1.807) is 41.2 Å². The summed E-state index contributed by atoms with van der Waals surface area (Å²) in [5, 5.41) is 12.1. The van der Waals surface area contributed by atoms with Crippen LogP contribution in [0.1, 0.15) is 0 Å². The van der Waals surface area contributed by atoms with Crippen LogP contribution in [0.15, 0.2) is 66.1 Å². The molecule has 4 rings (SSSR count). The van der Waals surface area contributed by atoms with Gasteiger partial charge in [0.15, 0.2) is 22.6 Å². The van der Waals surface area contributed by atoms with Gasteiger partial charge in [-0.2, -0.15) is 0 Å². The predicted molar refractivity (Wildman–Crippen MR) is 120 cm³/mol. The van der Waals surface area contributed by atoms with Crippen LogP contribution >= 0.6 is 35.0 Å². The lowest BCUT2D eigenvalue weighted by molar-refractivity contribution is -0.113. The topological polar surface area (TPSA) is 72.7 Å². The first-order chi connectivity index (χ1) is 15.4. The maximum Gasteiger partial charge on any atom is 0.234 e. The molecule has 0 unspecified atom stereocenters. The summed E-state index contributed by atoms with van der Waals surface area (Å²) in [6, 6.07) is 11.8. The van der Waals surface area contributed by atoms with Gasteiger partial charge in [0.25, 0.3) is 0 Å². The minimum absolute atomic E-state index is 0.0501. The molecular weight excluding hydrogens is 479 g/mol. The fraction of sp³-hybridized carbons (Fsp3) is 0.0476. The van der Waals surface area contributed by atoms with Gasteiger partial charge in [-0.15, -0.1) is 10.2 Å². The van der Waals surface area contributed by atoms with Crippen LogP contribution in [0.2, 0.25) is 10.0 Å². The molecule has 162 valence electrons. The van der Waals surface area contributed by atoms with Crippen LogP contribution in [0.3, 0.4) is 0 Å². The van der Waals surface area contributed by atoms with Gasteiger partial charge in [-0.25, -0.2) is 8.78 Å². The van der Waals surface area contributed by atoms with E-state index in [0.29, 0.717) is 32.3 Å². The second kappa shape index (κ2) is 9.64. The third kappa shape index (κ3) is 4.90. The number of aromatic nitrogens is 4. The highest BCUT2D eigenvalue weighted by atomic mass is 35.5. The van der Waals surface area contributed by atoms with Crippen LogP contribution in [0.5, 0.6) is 0 Å². The number of anilines is 1. The molecule has 2 aromatic carbocycles. The zero-order valence-electron chi connectivity index (χ0n) is 16.1. The van der Waals surface area contributed by atoms with E-state index in [1.807, 2.05) is 6.07 Å². The van der Waals surface area contributed by atoms with Crippen molar-refractivity contribution in [2.75, 3.05) is 11.1 Å². The monoisotopic (exact) mass is 491 g/mol. The molecule has 0 aliphatic carbocycles.